The van der Waals surface area contributed by atoms with E-state index in [1.165, 1.54) is 59.4 Å². The van der Waals surface area contributed by atoms with Crippen LogP contribution in [-0.4, -0.2) is 86.7 Å². The number of benzene rings is 4. The molecule has 15 nitrogen and oxygen atoms in total. The van der Waals surface area contributed by atoms with Crippen molar-refractivity contribution in [3.63, 3.8) is 0 Å². The van der Waals surface area contributed by atoms with Gasteiger partial charge >= 0.3 is 11.8 Å². The van der Waals surface area contributed by atoms with Crippen LogP contribution in [0.4, 0.5) is 17.1 Å². The molecule has 3 heterocycles. The number of nitrogens with one attached hydrogen (secondary N) is 1. The van der Waals surface area contributed by atoms with Crippen molar-refractivity contribution in [3.8, 4) is 23.0 Å². The number of carbonyl (C=O) groups is 3. The zero-order chi connectivity index (χ0) is 47.5. The summed E-state index contributed by atoms with van der Waals surface area (Å²) in [6.07, 6.45) is 4.68. The highest BCUT2D eigenvalue weighted by Crippen LogP contribution is 2.55. The van der Waals surface area contributed by atoms with Gasteiger partial charge in [-0.05, 0) is 44.2 Å². The maximum atomic E-state index is 14.6. The first kappa shape index (κ1) is 47.8. The minimum atomic E-state index is -2.09. The van der Waals surface area contributed by atoms with Crippen molar-refractivity contribution in [3.05, 3.63) is 113 Å². The number of aliphatic hydroxyl groups excluding tert-OH is 2. The van der Waals surface area contributed by atoms with Gasteiger partial charge in [-0.2, -0.15) is 5.10 Å². The summed E-state index contributed by atoms with van der Waals surface area (Å²) in [7, 11) is 1.43. The Bertz CT molecular complexity index is 2520. The van der Waals surface area contributed by atoms with Gasteiger partial charge in [-0.15, -0.1) is 0 Å². The van der Waals surface area contributed by atoms with Crippen molar-refractivity contribution in [2.24, 2.45) is 28.8 Å². The number of nitrogens with zero attached hydrogens (tertiary/aromatic N) is 2. The number of hydrazone groups is 1. The third kappa shape index (κ3) is 9.44. The molecule has 0 saturated heterocycles. The zero-order valence-electron chi connectivity index (χ0n) is 37.8. The number of phenols is 3. The van der Waals surface area contributed by atoms with Crippen LogP contribution in [0.1, 0.15) is 70.0 Å². The topological polar surface area (TPSA) is 217 Å². The maximum absolute atomic E-state index is 14.6. The summed E-state index contributed by atoms with van der Waals surface area (Å²) in [5.74, 6) is -8.72. The number of rotatable bonds is 6. The zero-order valence-corrected chi connectivity index (χ0v) is 37.8. The SMILES string of the molecule is CO[C@@H]1C=CO[C@@]2(C)Oc3c(C)c(O)c4c(O)c(c(C=NN(c5ccccc5)c5ccccc5)c(O)c4c3C2=O)NC(=O)C(C)=CC=C[C@H](C)[C@H](O)[C@H](C)[C@H](O)[C@H](C)[C@@H](OC(C)=O)[C@H]1C. The predicted octanol–water partition coefficient (Wildman–Crippen LogP) is 7.93. The largest absolute Gasteiger partial charge is 0.507 e. The number of phenolic OH excluding ortho intramolecular Hbond substituents is 3. The molecule has 4 aromatic carbocycles. The summed E-state index contributed by atoms with van der Waals surface area (Å²) in [4.78, 5) is 41.0. The number of hydrogen-bond acceptors (Lipinski definition) is 14. The van der Waals surface area contributed by atoms with Gasteiger partial charge in [0.1, 0.15) is 23.4 Å². The smallest absolute Gasteiger partial charge is 0.312 e. The molecule has 7 rings (SSSR count). The van der Waals surface area contributed by atoms with Crippen LogP contribution in [0.15, 0.2) is 102 Å². The molecule has 5 bridgehead atoms. The van der Waals surface area contributed by atoms with Crippen LogP contribution in [-0.2, 0) is 23.8 Å². The number of aromatic hydroxyl groups is 3. The Kier molecular flexibility index (Phi) is 14.4. The van der Waals surface area contributed by atoms with Gasteiger partial charge in [0.15, 0.2) is 5.75 Å². The number of ether oxygens (including phenoxy) is 4. The first-order valence-electron chi connectivity index (χ1n) is 21.3. The lowest BCUT2D eigenvalue weighted by molar-refractivity contribution is -0.160. The molecule has 0 spiro atoms. The molecule has 6 N–H and O–H groups in total. The summed E-state index contributed by atoms with van der Waals surface area (Å²) in [6.45, 7) is 12.5. The van der Waals surface area contributed by atoms with Crippen LogP contribution in [0.25, 0.3) is 10.8 Å². The van der Waals surface area contributed by atoms with Crippen LogP contribution in [0.3, 0.4) is 0 Å². The standard InChI is InChI=1S/C50H57N3O12/c1-26-17-16-18-27(2)49(61)52-40-35(25-51-53(33-19-12-10-13-20-33)34-21-14-11-15-22-34)44(58)37-38(45(40)59)43(57)31(6)47-39(37)48(60)50(8,65-47)63-24-23-36(62-9)28(3)46(64-32(7)54)30(5)42(56)29(4)41(26)55/h10-26,28-30,36,41-42,46,55-59H,1-9H3,(H,52,61)/t26-,28-,29-,30-,36+,41-,42-,46-,50-/m0/s1. The Labute approximate surface area is 377 Å². The van der Waals surface area contributed by atoms with E-state index in [0.29, 0.717) is 11.4 Å². The number of methoxy groups -OCH3 is 1. The van der Waals surface area contributed by atoms with E-state index < -0.39 is 88.8 Å². The average Bonchev–Trinajstić information content (AvgIpc) is 3.56. The molecule has 0 radical (unpaired) electrons. The summed E-state index contributed by atoms with van der Waals surface area (Å²) < 4.78 is 23.7. The monoisotopic (exact) mass is 891 g/mol. The fourth-order valence-corrected chi connectivity index (χ4v) is 8.41. The number of fused-ring (bicyclic) bond motifs is 14. The maximum Gasteiger partial charge on any atom is 0.312 e. The van der Waals surface area contributed by atoms with Crippen molar-refractivity contribution in [2.45, 2.75) is 85.6 Å². The van der Waals surface area contributed by atoms with Crippen molar-refractivity contribution in [1.29, 1.82) is 0 Å². The van der Waals surface area contributed by atoms with Crippen LogP contribution >= 0.6 is 0 Å². The number of anilines is 3. The molecule has 0 unspecified atom stereocenters. The summed E-state index contributed by atoms with van der Waals surface area (Å²) in [5, 5.41) is 67.6. The quantitative estimate of drug-likeness (QED) is 0.0357. The lowest BCUT2D eigenvalue weighted by atomic mass is 9.78. The number of para-hydroxylation sites is 2. The second-order valence-electron chi connectivity index (χ2n) is 16.8. The molecule has 15 heteroatoms. The van der Waals surface area contributed by atoms with Gasteiger partial charge in [-0.25, -0.2) is 5.01 Å². The van der Waals surface area contributed by atoms with E-state index >= 15 is 0 Å². The summed E-state index contributed by atoms with van der Waals surface area (Å²) in [5.41, 5.74) is 0.665. The molecule has 0 aromatic heterocycles. The van der Waals surface area contributed by atoms with Gasteiger partial charge in [0, 0.05) is 61.2 Å². The first-order valence-corrected chi connectivity index (χ1v) is 21.3. The van der Waals surface area contributed by atoms with Crippen molar-refractivity contribution >= 4 is 51.7 Å². The van der Waals surface area contributed by atoms with E-state index in [9.17, 15) is 39.9 Å². The predicted molar refractivity (Wildman–Crippen MR) is 246 cm³/mol. The van der Waals surface area contributed by atoms with Gasteiger partial charge in [-0.1, -0.05) is 82.3 Å². The Balaban J connectivity index is 1.57. The fraction of sp³-hybridized carbons (Fsp3) is 0.360. The molecular formula is C50H57N3O12. The van der Waals surface area contributed by atoms with E-state index in [4.69, 9.17) is 24.0 Å². The number of hydrogen-bond donors (Lipinski definition) is 6. The number of carbonyl (C=O) groups excluding carboxylic acids is 3. The Hall–Kier alpha value is -6.68. The van der Waals surface area contributed by atoms with Gasteiger partial charge < -0.3 is 49.8 Å². The first-order chi connectivity index (χ1) is 30.8. The van der Waals surface area contributed by atoms with Crippen molar-refractivity contribution < 1.29 is 58.9 Å². The van der Waals surface area contributed by atoms with E-state index in [0.717, 1.165) is 0 Å². The normalized spacial score (nSPS) is 26.5. The average molecular weight is 892 g/mol. The van der Waals surface area contributed by atoms with E-state index in [1.807, 2.05) is 60.7 Å². The molecule has 0 fully saturated rings. The van der Waals surface area contributed by atoms with E-state index in [2.05, 4.69) is 5.32 Å². The molecule has 344 valence electrons. The minimum Gasteiger partial charge on any atom is -0.507 e. The Morgan fingerprint density at radius 3 is 2.05 bits per heavy atom. The highest BCUT2D eigenvalue weighted by molar-refractivity contribution is 6.24. The number of amides is 1. The van der Waals surface area contributed by atoms with Crippen molar-refractivity contribution in [1.82, 2.24) is 0 Å². The summed E-state index contributed by atoms with van der Waals surface area (Å²) >= 11 is 0. The number of ketones is 1. The molecule has 0 aliphatic carbocycles. The summed E-state index contributed by atoms with van der Waals surface area (Å²) in [6, 6.07) is 18.2. The number of esters is 1. The third-order valence-corrected chi connectivity index (χ3v) is 12.3. The number of allylic oxidation sites excluding steroid dienone is 2. The van der Waals surface area contributed by atoms with Gasteiger partial charge in [0.2, 0.25) is 0 Å². The van der Waals surface area contributed by atoms with Gasteiger partial charge in [0.05, 0.1) is 64.4 Å². The lowest BCUT2D eigenvalue weighted by Gasteiger charge is -2.38. The molecule has 0 saturated carbocycles. The molecule has 9 atom stereocenters. The highest BCUT2D eigenvalue weighted by Gasteiger charge is 2.50. The molecule has 3 aliphatic rings. The Morgan fingerprint density at radius 2 is 1.46 bits per heavy atom. The van der Waals surface area contributed by atoms with Crippen molar-refractivity contribution in [2.75, 3.05) is 17.4 Å². The van der Waals surface area contributed by atoms with E-state index in [1.54, 1.807) is 44.9 Å². The van der Waals surface area contributed by atoms with Crippen LogP contribution in [0.5, 0.6) is 23.0 Å². The van der Waals surface area contributed by atoms with Crippen LogP contribution in [0, 0.1) is 30.6 Å². The number of aliphatic hydroxyl groups is 2. The minimum absolute atomic E-state index is 0.0299. The molecule has 4 aromatic rings. The molecular weight excluding hydrogens is 835 g/mol. The Morgan fingerprint density at radius 1 is 0.846 bits per heavy atom. The highest BCUT2D eigenvalue weighted by atomic mass is 16.7. The second kappa shape index (κ2) is 19.6. The molecule has 65 heavy (non-hydrogen) atoms. The van der Waals surface area contributed by atoms with Crippen LogP contribution < -0.4 is 15.1 Å². The molecule has 1 amide bonds. The lowest BCUT2D eigenvalue weighted by Crippen LogP contribution is -2.46. The van der Waals surface area contributed by atoms with Gasteiger partial charge in [0.25, 0.3) is 11.7 Å². The van der Waals surface area contributed by atoms with Crippen LogP contribution in [0.2, 0.25) is 0 Å². The van der Waals surface area contributed by atoms with Gasteiger partial charge in [-0.3, -0.25) is 14.4 Å². The number of Topliss-reactive ketones (excluding diaryl/α,β-unsaturated/α-hetero) is 1. The van der Waals surface area contributed by atoms with E-state index in [-0.39, 0.29) is 44.5 Å². The fourth-order valence-electron chi connectivity index (χ4n) is 8.41. The molecule has 3 aliphatic heterocycles. The third-order valence-electron chi connectivity index (χ3n) is 12.3. The second-order valence-corrected chi connectivity index (χ2v) is 16.8.